The van der Waals surface area contributed by atoms with E-state index in [4.69, 9.17) is 17.4 Å². The van der Waals surface area contributed by atoms with Crippen LogP contribution in [0.5, 0.6) is 0 Å². The average Bonchev–Trinajstić information content (AvgIpc) is 2.25. The van der Waals surface area contributed by atoms with Crippen LogP contribution in [-0.4, -0.2) is 16.4 Å². The average molecular weight is 250 g/mol. The van der Waals surface area contributed by atoms with Crippen LogP contribution in [0.1, 0.15) is 18.2 Å². The van der Waals surface area contributed by atoms with Crippen LogP contribution in [-0.2, 0) is 12.8 Å². The van der Waals surface area contributed by atoms with E-state index in [0.29, 0.717) is 5.69 Å². The third-order valence-electron chi connectivity index (χ3n) is 2.30. The molecule has 0 aliphatic carbocycles. The number of nitrogens with one attached hydrogen (secondary N) is 1. The van der Waals surface area contributed by atoms with Gasteiger partial charge >= 0.3 is 5.38 Å². The Balaban J connectivity index is 2.71. The van der Waals surface area contributed by atoms with Crippen LogP contribution in [0.25, 0.3) is 0 Å². The van der Waals surface area contributed by atoms with Crippen LogP contribution in [0, 0.1) is 0 Å². The quantitative estimate of drug-likeness (QED) is 0.476. The molecule has 90 valence electrons. The second-order valence-corrected chi connectivity index (χ2v) is 3.98. The van der Waals surface area contributed by atoms with Gasteiger partial charge in [0.15, 0.2) is 0 Å². The maximum absolute atomic E-state index is 12.8. The maximum atomic E-state index is 12.8. The summed E-state index contributed by atoms with van der Waals surface area (Å²) >= 11 is 4.90. The second kappa shape index (κ2) is 5.52. The minimum Gasteiger partial charge on any atom is -0.271 e. The molecule has 6 heteroatoms. The predicted octanol–water partition coefficient (Wildman–Crippen LogP) is 1.85. The van der Waals surface area contributed by atoms with Crippen molar-refractivity contribution in [3.8, 4) is 0 Å². The molecule has 0 bridgehead atoms. The van der Waals surface area contributed by atoms with Crippen molar-refractivity contribution >= 4 is 11.6 Å². The summed E-state index contributed by atoms with van der Waals surface area (Å²) in [5.74, 6) is 5.02. The molecular formula is C10H14ClF2N3. The van der Waals surface area contributed by atoms with Crippen molar-refractivity contribution in [1.82, 2.24) is 10.4 Å². The van der Waals surface area contributed by atoms with E-state index in [1.807, 2.05) is 18.4 Å². The van der Waals surface area contributed by atoms with Crippen molar-refractivity contribution in [1.29, 1.82) is 0 Å². The van der Waals surface area contributed by atoms with Crippen LogP contribution in [0.3, 0.4) is 0 Å². The normalized spacial score (nSPS) is 13.8. The Morgan fingerprint density at radius 3 is 2.62 bits per heavy atom. The SMILES string of the molecule is CCc1ccc(CC(NN)C(F)(F)Cl)nc1. The van der Waals surface area contributed by atoms with Crippen molar-refractivity contribution in [2.24, 2.45) is 5.84 Å². The third kappa shape index (κ3) is 3.66. The molecule has 16 heavy (non-hydrogen) atoms. The number of aromatic nitrogens is 1. The zero-order valence-corrected chi connectivity index (χ0v) is 9.64. The van der Waals surface area contributed by atoms with Gasteiger partial charge in [-0.3, -0.25) is 10.8 Å². The fourth-order valence-electron chi connectivity index (χ4n) is 1.26. The van der Waals surface area contributed by atoms with Gasteiger partial charge in [-0.05, 0) is 29.7 Å². The number of rotatable bonds is 5. The molecule has 0 fully saturated rings. The molecule has 1 unspecified atom stereocenters. The van der Waals surface area contributed by atoms with Gasteiger partial charge in [-0.25, -0.2) is 5.43 Å². The largest absolute Gasteiger partial charge is 0.338 e. The van der Waals surface area contributed by atoms with E-state index in [1.165, 1.54) is 0 Å². The number of nitrogens with zero attached hydrogens (tertiary/aromatic N) is 1. The van der Waals surface area contributed by atoms with Gasteiger partial charge in [0, 0.05) is 18.3 Å². The number of alkyl halides is 3. The van der Waals surface area contributed by atoms with Gasteiger partial charge in [-0.15, -0.1) is 0 Å². The summed E-state index contributed by atoms with van der Waals surface area (Å²) in [4.78, 5) is 4.06. The summed E-state index contributed by atoms with van der Waals surface area (Å²) < 4.78 is 25.6. The molecule has 0 aromatic carbocycles. The molecule has 0 saturated heterocycles. The van der Waals surface area contributed by atoms with Gasteiger partial charge in [0.25, 0.3) is 0 Å². The van der Waals surface area contributed by atoms with E-state index in [-0.39, 0.29) is 6.42 Å². The number of aryl methyl sites for hydroxylation is 1. The lowest BCUT2D eigenvalue weighted by Gasteiger charge is -2.20. The minimum absolute atomic E-state index is 0.0169. The van der Waals surface area contributed by atoms with Crippen LogP contribution < -0.4 is 11.3 Å². The summed E-state index contributed by atoms with van der Waals surface area (Å²) in [7, 11) is 0. The minimum atomic E-state index is -3.39. The molecule has 3 N–H and O–H groups in total. The first-order chi connectivity index (χ1) is 7.47. The first-order valence-electron chi connectivity index (χ1n) is 4.94. The smallest absolute Gasteiger partial charge is 0.271 e. The zero-order chi connectivity index (χ0) is 12.2. The van der Waals surface area contributed by atoms with Crippen LogP contribution in [0.4, 0.5) is 8.78 Å². The van der Waals surface area contributed by atoms with Crippen molar-refractivity contribution in [2.75, 3.05) is 0 Å². The molecule has 1 atom stereocenters. The van der Waals surface area contributed by atoms with Crippen molar-refractivity contribution in [2.45, 2.75) is 31.2 Å². The number of halogens is 3. The highest BCUT2D eigenvalue weighted by atomic mass is 35.5. The molecule has 1 rings (SSSR count). The molecule has 0 aliphatic rings. The lowest BCUT2D eigenvalue weighted by Crippen LogP contribution is -2.47. The van der Waals surface area contributed by atoms with Gasteiger partial charge in [-0.2, -0.15) is 8.78 Å². The molecule has 0 aliphatic heterocycles. The van der Waals surface area contributed by atoms with E-state index >= 15 is 0 Å². The van der Waals surface area contributed by atoms with E-state index in [0.717, 1.165) is 12.0 Å². The van der Waals surface area contributed by atoms with Crippen LogP contribution in [0.15, 0.2) is 18.3 Å². The zero-order valence-electron chi connectivity index (χ0n) is 8.88. The van der Waals surface area contributed by atoms with E-state index in [1.54, 1.807) is 12.3 Å². The first kappa shape index (κ1) is 13.3. The Labute approximate surface area is 98.0 Å². The molecule has 0 radical (unpaired) electrons. The summed E-state index contributed by atoms with van der Waals surface area (Å²) in [6.45, 7) is 1.99. The molecule has 0 amide bonds. The lowest BCUT2D eigenvalue weighted by atomic mass is 10.1. The van der Waals surface area contributed by atoms with Gasteiger partial charge in [0.1, 0.15) is 6.04 Å². The summed E-state index contributed by atoms with van der Waals surface area (Å²) in [5, 5.41) is -3.39. The molecular weight excluding hydrogens is 236 g/mol. The van der Waals surface area contributed by atoms with Crippen molar-refractivity contribution in [3.63, 3.8) is 0 Å². The highest BCUT2D eigenvalue weighted by molar-refractivity contribution is 6.22. The fraction of sp³-hybridized carbons (Fsp3) is 0.500. The Morgan fingerprint density at radius 2 is 2.25 bits per heavy atom. The topological polar surface area (TPSA) is 50.9 Å². The molecule has 1 aromatic heterocycles. The Morgan fingerprint density at radius 1 is 1.56 bits per heavy atom. The van der Waals surface area contributed by atoms with E-state index < -0.39 is 11.4 Å². The standard InChI is InChI=1S/C10H14ClF2N3/c1-2-7-3-4-8(15-6-7)5-9(16-14)10(11,12)13/h3-4,6,9,16H,2,5,14H2,1H3. The lowest BCUT2D eigenvalue weighted by molar-refractivity contribution is 0.0499. The summed E-state index contributed by atoms with van der Waals surface area (Å²) in [6, 6.07) is 2.22. The van der Waals surface area contributed by atoms with E-state index in [2.05, 4.69) is 4.98 Å². The van der Waals surface area contributed by atoms with Gasteiger partial charge in [0.2, 0.25) is 0 Å². The number of hydrazine groups is 1. The Bertz CT molecular complexity index is 324. The highest BCUT2D eigenvalue weighted by Gasteiger charge is 2.36. The highest BCUT2D eigenvalue weighted by Crippen LogP contribution is 2.25. The fourth-order valence-corrected chi connectivity index (χ4v) is 1.40. The Kier molecular flexibility index (Phi) is 4.58. The van der Waals surface area contributed by atoms with Crippen molar-refractivity contribution < 1.29 is 8.78 Å². The van der Waals surface area contributed by atoms with E-state index in [9.17, 15) is 8.78 Å². The van der Waals surface area contributed by atoms with Gasteiger partial charge < -0.3 is 0 Å². The molecule has 1 aromatic rings. The number of nitrogens with two attached hydrogens (primary N) is 1. The summed E-state index contributed by atoms with van der Waals surface area (Å²) in [6.07, 6.45) is 2.50. The molecule has 3 nitrogen and oxygen atoms in total. The third-order valence-corrected chi connectivity index (χ3v) is 2.57. The second-order valence-electron chi connectivity index (χ2n) is 3.48. The predicted molar refractivity (Wildman–Crippen MR) is 59.2 cm³/mol. The van der Waals surface area contributed by atoms with Crippen LogP contribution in [0.2, 0.25) is 0 Å². The molecule has 0 saturated carbocycles. The maximum Gasteiger partial charge on any atom is 0.338 e. The number of hydrogen-bond donors (Lipinski definition) is 2. The molecule has 0 spiro atoms. The van der Waals surface area contributed by atoms with Crippen molar-refractivity contribution in [3.05, 3.63) is 29.6 Å². The Hall–Kier alpha value is -0.780. The summed E-state index contributed by atoms with van der Waals surface area (Å²) in [5.41, 5.74) is 3.58. The number of pyridine rings is 1. The molecule has 1 heterocycles. The number of hydrogen-bond acceptors (Lipinski definition) is 3. The van der Waals surface area contributed by atoms with Crippen LogP contribution >= 0.6 is 11.6 Å². The first-order valence-corrected chi connectivity index (χ1v) is 5.31. The van der Waals surface area contributed by atoms with Gasteiger partial charge in [-0.1, -0.05) is 13.0 Å². The monoisotopic (exact) mass is 249 g/mol. The van der Waals surface area contributed by atoms with Gasteiger partial charge in [0.05, 0.1) is 0 Å².